The number of rotatable bonds is 5. The number of amides is 4. The zero-order valence-electron chi connectivity index (χ0n) is 13.6. The van der Waals surface area contributed by atoms with Crippen molar-refractivity contribution >= 4 is 23.5 Å². The number of hydrogen-bond donors (Lipinski definition) is 2. The van der Waals surface area contributed by atoms with Gasteiger partial charge in [-0.3, -0.25) is 19.8 Å². The van der Waals surface area contributed by atoms with Crippen molar-refractivity contribution in [1.82, 2.24) is 10.2 Å². The van der Waals surface area contributed by atoms with Crippen LogP contribution in [0.15, 0.2) is 42.6 Å². The van der Waals surface area contributed by atoms with E-state index in [0.717, 1.165) is 4.90 Å². The molecule has 4 amide bonds. The van der Waals surface area contributed by atoms with E-state index in [4.69, 9.17) is 9.47 Å². The molecule has 8 heteroatoms. The van der Waals surface area contributed by atoms with Gasteiger partial charge >= 0.3 is 6.03 Å². The molecule has 1 fully saturated rings. The number of imide groups is 2. The zero-order valence-corrected chi connectivity index (χ0v) is 13.6. The maximum Gasteiger partial charge on any atom is 0.331 e. The summed E-state index contributed by atoms with van der Waals surface area (Å²) in [5, 5.41) is 5.24. The molecule has 0 bridgehead atoms. The summed E-state index contributed by atoms with van der Waals surface area (Å²) in [6.45, 7) is 5.39. The van der Waals surface area contributed by atoms with Crippen LogP contribution < -0.4 is 20.1 Å². The van der Waals surface area contributed by atoms with Gasteiger partial charge in [0.2, 0.25) is 18.6 Å². The van der Waals surface area contributed by atoms with Crippen molar-refractivity contribution in [2.75, 3.05) is 18.7 Å². The molecule has 2 heterocycles. The minimum Gasteiger partial charge on any atom is -0.454 e. The van der Waals surface area contributed by atoms with Crippen LogP contribution in [-0.2, 0) is 9.59 Å². The number of anilines is 1. The highest BCUT2D eigenvalue weighted by Gasteiger charge is 2.42. The molecule has 2 aliphatic heterocycles. The van der Waals surface area contributed by atoms with E-state index in [9.17, 15) is 14.4 Å². The first kappa shape index (κ1) is 16.6. The lowest BCUT2D eigenvalue weighted by molar-refractivity contribution is -0.140. The topological polar surface area (TPSA) is 97.0 Å². The van der Waals surface area contributed by atoms with Gasteiger partial charge in [-0.15, -0.1) is 6.58 Å². The van der Waals surface area contributed by atoms with E-state index in [1.54, 1.807) is 31.2 Å². The number of carbonyl (C=O) groups excluding carboxylic acids is 3. The predicted molar refractivity (Wildman–Crippen MR) is 88.9 cm³/mol. The number of nitrogens with one attached hydrogen (secondary N) is 2. The molecule has 1 atom stereocenters. The van der Waals surface area contributed by atoms with Crippen molar-refractivity contribution in [3.05, 3.63) is 42.6 Å². The van der Waals surface area contributed by atoms with Gasteiger partial charge < -0.3 is 14.8 Å². The van der Waals surface area contributed by atoms with Crippen LogP contribution in [0.2, 0.25) is 0 Å². The van der Waals surface area contributed by atoms with Crippen molar-refractivity contribution in [2.45, 2.75) is 6.92 Å². The van der Waals surface area contributed by atoms with Crippen LogP contribution in [0.25, 0.3) is 0 Å². The summed E-state index contributed by atoms with van der Waals surface area (Å²) >= 11 is 0. The standard InChI is InChI=1S/C17H17N3O5/c1-3-7-20-16(22)14(15(21)19-17(20)23)11(4-2)18-10-5-6-12-13(8-10)25-9-24-12/h3-6,8,14,18H,1,7,9H2,2H3,(H,19,21,23)/b11-4+/t14-/m0/s1. The van der Waals surface area contributed by atoms with Crippen LogP contribution >= 0.6 is 0 Å². The minimum atomic E-state index is -1.15. The molecule has 0 spiro atoms. The molecule has 1 aromatic rings. The van der Waals surface area contributed by atoms with Crippen LogP contribution in [0, 0.1) is 5.92 Å². The molecular formula is C17H17N3O5. The number of fused-ring (bicyclic) bond motifs is 1. The molecule has 130 valence electrons. The Morgan fingerprint density at radius 2 is 2.12 bits per heavy atom. The summed E-state index contributed by atoms with van der Waals surface area (Å²) in [5.74, 6) is -1.22. The summed E-state index contributed by atoms with van der Waals surface area (Å²) in [6, 6.07) is 4.44. The van der Waals surface area contributed by atoms with E-state index in [1.807, 2.05) is 0 Å². The second-order valence-corrected chi connectivity index (χ2v) is 5.40. The minimum absolute atomic E-state index is 0.0233. The molecule has 0 unspecified atom stereocenters. The second kappa shape index (κ2) is 6.68. The number of hydrogen-bond acceptors (Lipinski definition) is 6. The molecule has 1 saturated heterocycles. The van der Waals surface area contributed by atoms with Gasteiger partial charge in [0.25, 0.3) is 0 Å². The Bertz CT molecular complexity index is 786. The van der Waals surface area contributed by atoms with Gasteiger partial charge in [-0.1, -0.05) is 12.2 Å². The Labute approximate surface area is 144 Å². The molecule has 25 heavy (non-hydrogen) atoms. The summed E-state index contributed by atoms with van der Waals surface area (Å²) in [6.07, 6.45) is 3.04. The monoisotopic (exact) mass is 343 g/mol. The number of allylic oxidation sites excluding steroid dienone is 1. The normalized spacial score (nSPS) is 19.7. The summed E-state index contributed by atoms with van der Waals surface area (Å²) in [7, 11) is 0. The summed E-state index contributed by atoms with van der Waals surface area (Å²) < 4.78 is 10.6. The molecule has 0 aliphatic carbocycles. The van der Waals surface area contributed by atoms with Crippen molar-refractivity contribution in [3.63, 3.8) is 0 Å². The Hall–Kier alpha value is -3.29. The highest BCUT2D eigenvalue weighted by Crippen LogP contribution is 2.35. The van der Waals surface area contributed by atoms with Crippen LogP contribution in [0.3, 0.4) is 0 Å². The second-order valence-electron chi connectivity index (χ2n) is 5.40. The Morgan fingerprint density at radius 1 is 1.36 bits per heavy atom. The van der Waals surface area contributed by atoms with Crippen LogP contribution in [0.5, 0.6) is 11.5 Å². The fraction of sp³-hybridized carbons (Fsp3) is 0.235. The smallest absolute Gasteiger partial charge is 0.331 e. The number of barbiturate groups is 1. The van der Waals surface area contributed by atoms with Gasteiger partial charge in [0.15, 0.2) is 17.4 Å². The molecule has 1 aromatic carbocycles. The molecule has 8 nitrogen and oxygen atoms in total. The quantitative estimate of drug-likeness (QED) is 0.623. The fourth-order valence-electron chi connectivity index (χ4n) is 2.64. The molecule has 0 aromatic heterocycles. The molecule has 0 radical (unpaired) electrons. The Morgan fingerprint density at radius 3 is 2.84 bits per heavy atom. The number of ether oxygens (including phenoxy) is 2. The molecular weight excluding hydrogens is 326 g/mol. The van der Waals surface area contributed by atoms with Gasteiger partial charge in [-0.2, -0.15) is 0 Å². The van der Waals surface area contributed by atoms with Crippen molar-refractivity contribution < 1.29 is 23.9 Å². The average Bonchev–Trinajstić information content (AvgIpc) is 3.05. The SMILES string of the molecule is C=CCN1C(=O)NC(=O)[C@H](/C(=C\C)Nc2ccc3c(c2)OCO3)C1=O. The molecule has 2 N–H and O–H groups in total. The van der Waals surface area contributed by atoms with Crippen molar-refractivity contribution in [1.29, 1.82) is 0 Å². The lowest BCUT2D eigenvalue weighted by atomic mass is 9.99. The Balaban J connectivity index is 1.84. The number of carbonyl (C=O) groups is 3. The first-order chi connectivity index (χ1) is 12.0. The van der Waals surface area contributed by atoms with Gasteiger partial charge in [-0.05, 0) is 19.1 Å². The largest absolute Gasteiger partial charge is 0.454 e. The third-order valence-corrected chi connectivity index (χ3v) is 3.85. The van der Waals surface area contributed by atoms with Crippen LogP contribution in [0.1, 0.15) is 6.92 Å². The van der Waals surface area contributed by atoms with Crippen molar-refractivity contribution in [3.8, 4) is 11.5 Å². The number of nitrogens with zero attached hydrogens (tertiary/aromatic N) is 1. The maximum atomic E-state index is 12.6. The maximum absolute atomic E-state index is 12.6. The third-order valence-electron chi connectivity index (χ3n) is 3.85. The third kappa shape index (κ3) is 3.06. The number of benzene rings is 1. The highest BCUT2D eigenvalue weighted by atomic mass is 16.7. The molecule has 3 rings (SSSR count). The highest BCUT2D eigenvalue weighted by molar-refractivity contribution is 6.18. The lowest BCUT2D eigenvalue weighted by Gasteiger charge is -2.31. The number of urea groups is 1. The predicted octanol–water partition coefficient (Wildman–Crippen LogP) is 1.61. The van der Waals surface area contributed by atoms with Gasteiger partial charge in [0, 0.05) is 24.0 Å². The van der Waals surface area contributed by atoms with E-state index in [-0.39, 0.29) is 13.3 Å². The van der Waals surface area contributed by atoms with E-state index >= 15 is 0 Å². The summed E-state index contributed by atoms with van der Waals surface area (Å²) in [5.41, 5.74) is 0.994. The van der Waals surface area contributed by atoms with E-state index in [1.165, 1.54) is 6.08 Å². The fourth-order valence-corrected chi connectivity index (χ4v) is 2.64. The van der Waals surface area contributed by atoms with E-state index in [2.05, 4.69) is 17.2 Å². The van der Waals surface area contributed by atoms with Gasteiger partial charge in [0.1, 0.15) is 0 Å². The van der Waals surface area contributed by atoms with E-state index < -0.39 is 23.8 Å². The van der Waals surface area contributed by atoms with Crippen LogP contribution in [-0.4, -0.2) is 36.1 Å². The van der Waals surface area contributed by atoms with Gasteiger partial charge in [0.05, 0.1) is 0 Å². The first-order valence-corrected chi connectivity index (χ1v) is 7.65. The Kier molecular flexibility index (Phi) is 4.42. The van der Waals surface area contributed by atoms with Crippen molar-refractivity contribution in [2.24, 2.45) is 5.92 Å². The lowest BCUT2D eigenvalue weighted by Crippen LogP contribution is -2.58. The average molecular weight is 343 g/mol. The molecule has 0 saturated carbocycles. The first-order valence-electron chi connectivity index (χ1n) is 7.65. The summed E-state index contributed by atoms with van der Waals surface area (Å²) in [4.78, 5) is 37.5. The zero-order chi connectivity index (χ0) is 18.0. The molecule has 2 aliphatic rings. The van der Waals surface area contributed by atoms with E-state index in [0.29, 0.717) is 22.9 Å². The van der Waals surface area contributed by atoms with Crippen LogP contribution in [0.4, 0.5) is 10.5 Å². The van der Waals surface area contributed by atoms with Gasteiger partial charge in [-0.25, -0.2) is 4.79 Å².